The van der Waals surface area contributed by atoms with Gasteiger partial charge in [-0.15, -0.1) is 10.2 Å². The van der Waals surface area contributed by atoms with E-state index in [1.165, 1.54) is 0 Å². The smallest absolute Gasteiger partial charge is 0.313 e. The van der Waals surface area contributed by atoms with Gasteiger partial charge >= 0.3 is 6.18 Å². The van der Waals surface area contributed by atoms with Gasteiger partial charge in [-0.2, -0.15) is 13.2 Å². The number of halogens is 3. The van der Waals surface area contributed by atoms with Crippen LogP contribution in [0.25, 0.3) is 0 Å². The average Bonchev–Trinajstić information content (AvgIpc) is 2.47. The standard InChI is InChI=1S/C7H11F3N4S/c1-11-3-5-12-13-6(15-2)14(5)4-7(8,9)10/h11H,3-4H2,1-2H3. The fraction of sp³-hybridized carbons (Fsp3) is 0.714. The van der Waals surface area contributed by atoms with Crippen molar-refractivity contribution in [1.29, 1.82) is 0 Å². The minimum atomic E-state index is -4.25. The molecule has 0 aromatic carbocycles. The maximum absolute atomic E-state index is 12.2. The Labute approximate surface area is 89.3 Å². The van der Waals surface area contributed by atoms with E-state index in [4.69, 9.17) is 0 Å². The van der Waals surface area contributed by atoms with Crippen molar-refractivity contribution >= 4 is 11.8 Å². The number of rotatable bonds is 4. The van der Waals surface area contributed by atoms with Crippen LogP contribution in [0.1, 0.15) is 5.82 Å². The largest absolute Gasteiger partial charge is 0.406 e. The molecule has 0 unspecified atom stereocenters. The van der Waals surface area contributed by atoms with Crippen LogP contribution < -0.4 is 5.32 Å². The highest BCUT2D eigenvalue weighted by atomic mass is 32.2. The molecular weight excluding hydrogens is 229 g/mol. The van der Waals surface area contributed by atoms with E-state index in [1.807, 2.05) is 0 Å². The molecule has 8 heteroatoms. The summed E-state index contributed by atoms with van der Waals surface area (Å²) in [5, 5.41) is 10.4. The number of nitrogens with zero attached hydrogens (tertiary/aromatic N) is 3. The molecule has 1 aromatic heterocycles. The highest BCUT2D eigenvalue weighted by molar-refractivity contribution is 7.98. The second-order valence-electron chi connectivity index (χ2n) is 2.83. The fourth-order valence-electron chi connectivity index (χ4n) is 1.10. The Morgan fingerprint density at radius 2 is 2.07 bits per heavy atom. The van der Waals surface area contributed by atoms with Gasteiger partial charge < -0.3 is 5.32 Å². The average molecular weight is 240 g/mol. The third-order valence-corrected chi connectivity index (χ3v) is 2.32. The summed E-state index contributed by atoms with van der Waals surface area (Å²) in [7, 11) is 1.64. The van der Waals surface area contributed by atoms with Gasteiger partial charge in [0.2, 0.25) is 0 Å². The number of thioether (sulfide) groups is 1. The van der Waals surface area contributed by atoms with Gasteiger partial charge in [-0.3, -0.25) is 4.57 Å². The number of hydrogen-bond acceptors (Lipinski definition) is 4. The minimum absolute atomic E-state index is 0.268. The third-order valence-electron chi connectivity index (χ3n) is 1.65. The van der Waals surface area contributed by atoms with E-state index in [0.717, 1.165) is 16.3 Å². The van der Waals surface area contributed by atoms with E-state index in [2.05, 4.69) is 15.5 Å². The first-order chi connectivity index (χ1) is 6.98. The summed E-state index contributed by atoms with van der Waals surface area (Å²) >= 11 is 1.14. The highest BCUT2D eigenvalue weighted by Crippen LogP contribution is 2.22. The SMILES string of the molecule is CNCc1nnc(SC)n1CC(F)(F)F. The lowest BCUT2D eigenvalue weighted by atomic mass is 10.5. The van der Waals surface area contributed by atoms with E-state index in [0.29, 0.717) is 5.82 Å². The van der Waals surface area contributed by atoms with Crippen molar-refractivity contribution < 1.29 is 13.2 Å². The molecule has 1 heterocycles. The van der Waals surface area contributed by atoms with Crippen LogP contribution in [0.4, 0.5) is 13.2 Å². The summed E-state index contributed by atoms with van der Waals surface area (Å²) in [6, 6.07) is 0. The molecule has 0 saturated heterocycles. The van der Waals surface area contributed by atoms with E-state index in [1.54, 1.807) is 13.3 Å². The zero-order valence-electron chi connectivity index (χ0n) is 8.30. The topological polar surface area (TPSA) is 42.7 Å². The number of hydrogen-bond donors (Lipinski definition) is 1. The quantitative estimate of drug-likeness (QED) is 0.805. The molecule has 0 amide bonds. The zero-order valence-corrected chi connectivity index (χ0v) is 9.11. The van der Waals surface area contributed by atoms with Crippen molar-refractivity contribution in [2.75, 3.05) is 13.3 Å². The van der Waals surface area contributed by atoms with Crippen LogP contribution in [0.3, 0.4) is 0 Å². The first kappa shape index (κ1) is 12.3. The van der Waals surface area contributed by atoms with Gasteiger partial charge in [0.05, 0.1) is 6.54 Å². The Kier molecular flexibility index (Phi) is 3.97. The molecular formula is C7H11F3N4S. The highest BCUT2D eigenvalue weighted by Gasteiger charge is 2.30. The van der Waals surface area contributed by atoms with E-state index < -0.39 is 12.7 Å². The fourth-order valence-corrected chi connectivity index (χ4v) is 1.61. The Balaban J connectivity index is 2.94. The second-order valence-corrected chi connectivity index (χ2v) is 3.61. The van der Waals surface area contributed by atoms with Crippen LogP contribution in [0, 0.1) is 0 Å². The van der Waals surface area contributed by atoms with Crippen LogP contribution >= 0.6 is 11.8 Å². The maximum Gasteiger partial charge on any atom is 0.406 e. The van der Waals surface area contributed by atoms with Gasteiger partial charge in [0.25, 0.3) is 0 Å². The van der Waals surface area contributed by atoms with Crippen LogP contribution in [0.5, 0.6) is 0 Å². The molecule has 0 atom stereocenters. The van der Waals surface area contributed by atoms with Gasteiger partial charge in [0, 0.05) is 0 Å². The maximum atomic E-state index is 12.2. The van der Waals surface area contributed by atoms with Crippen LogP contribution in [-0.2, 0) is 13.1 Å². The van der Waals surface area contributed by atoms with Gasteiger partial charge in [-0.25, -0.2) is 0 Å². The van der Waals surface area contributed by atoms with Gasteiger partial charge in [0.15, 0.2) is 5.16 Å². The van der Waals surface area contributed by atoms with E-state index in [9.17, 15) is 13.2 Å². The molecule has 0 spiro atoms. The Bertz CT molecular complexity index is 323. The normalized spacial score (nSPS) is 12.1. The van der Waals surface area contributed by atoms with Gasteiger partial charge in [-0.05, 0) is 13.3 Å². The summed E-state index contributed by atoms with van der Waals surface area (Å²) in [6.07, 6.45) is -2.59. The lowest BCUT2D eigenvalue weighted by Gasteiger charge is -2.11. The molecule has 4 nitrogen and oxygen atoms in total. The summed E-state index contributed by atoms with van der Waals surface area (Å²) in [6.45, 7) is -0.781. The van der Waals surface area contributed by atoms with Crippen molar-refractivity contribution in [3.8, 4) is 0 Å². The summed E-state index contributed by atoms with van der Waals surface area (Å²) in [4.78, 5) is 0. The minimum Gasteiger partial charge on any atom is -0.313 e. The Morgan fingerprint density at radius 1 is 1.40 bits per heavy atom. The van der Waals surface area contributed by atoms with Crippen molar-refractivity contribution in [2.45, 2.75) is 24.4 Å². The molecule has 0 saturated carbocycles. The molecule has 0 fully saturated rings. The lowest BCUT2D eigenvalue weighted by molar-refractivity contribution is -0.142. The first-order valence-electron chi connectivity index (χ1n) is 4.15. The predicted molar refractivity (Wildman–Crippen MR) is 50.6 cm³/mol. The molecule has 86 valence electrons. The molecule has 1 aromatic rings. The molecule has 0 radical (unpaired) electrons. The van der Waals surface area contributed by atoms with Crippen LogP contribution in [0.15, 0.2) is 5.16 Å². The van der Waals surface area contributed by atoms with Crippen LogP contribution in [-0.4, -0.2) is 34.2 Å². The molecule has 0 aliphatic carbocycles. The number of nitrogens with one attached hydrogen (secondary N) is 1. The summed E-state index contributed by atoms with van der Waals surface area (Å²) in [5.41, 5.74) is 0. The molecule has 1 rings (SSSR count). The van der Waals surface area contributed by atoms with Crippen LogP contribution in [0.2, 0.25) is 0 Å². The Hall–Kier alpha value is -0.760. The molecule has 1 N–H and O–H groups in total. The Morgan fingerprint density at radius 3 is 2.53 bits per heavy atom. The van der Waals surface area contributed by atoms with Crippen molar-refractivity contribution in [3.05, 3.63) is 5.82 Å². The first-order valence-corrected chi connectivity index (χ1v) is 5.38. The molecule has 15 heavy (non-hydrogen) atoms. The second kappa shape index (κ2) is 4.84. The number of alkyl halides is 3. The molecule has 0 aliphatic heterocycles. The van der Waals surface area contributed by atoms with Crippen molar-refractivity contribution in [3.63, 3.8) is 0 Å². The van der Waals surface area contributed by atoms with Crippen molar-refractivity contribution in [2.24, 2.45) is 0 Å². The number of aromatic nitrogens is 3. The van der Waals surface area contributed by atoms with Crippen molar-refractivity contribution in [1.82, 2.24) is 20.1 Å². The zero-order chi connectivity index (χ0) is 11.5. The predicted octanol–water partition coefficient (Wildman–Crippen LogP) is 1.28. The molecule has 0 aliphatic rings. The van der Waals surface area contributed by atoms with E-state index >= 15 is 0 Å². The molecule has 0 bridgehead atoms. The van der Waals surface area contributed by atoms with Gasteiger partial charge in [-0.1, -0.05) is 11.8 Å². The monoisotopic (exact) mass is 240 g/mol. The van der Waals surface area contributed by atoms with Gasteiger partial charge in [0.1, 0.15) is 12.4 Å². The van der Waals surface area contributed by atoms with E-state index in [-0.39, 0.29) is 11.7 Å². The third kappa shape index (κ3) is 3.38. The lowest BCUT2D eigenvalue weighted by Crippen LogP contribution is -2.22. The summed E-state index contributed by atoms with van der Waals surface area (Å²) < 4.78 is 37.8. The summed E-state index contributed by atoms with van der Waals surface area (Å²) in [5.74, 6) is 0.291.